The quantitative estimate of drug-likeness (QED) is 0.0668. The van der Waals surface area contributed by atoms with E-state index in [1.807, 2.05) is 60.7 Å². The number of carboxylic acid groups (broad SMARTS) is 1. The third-order valence-electron chi connectivity index (χ3n) is 11.8. The molecule has 4 aromatic carbocycles. The summed E-state index contributed by atoms with van der Waals surface area (Å²) in [6.07, 6.45) is -5.59. The summed E-state index contributed by atoms with van der Waals surface area (Å²) in [7, 11) is -1.27. The lowest BCUT2D eigenvalue weighted by molar-refractivity contribution is -0.137. The van der Waals surface area contributed by atoms with Gasteiger partial charge >= 0.3 is 19.4 Å². The second-order valence-corrected chi connectivity index (χ2v) is 17.4. The van der Waals surface area contributed by atoms with Crippen molar-refractivity contribution in [1.29, 1.82) is 0 Å². The number of amides is 6. The number of carbonyl (C=O) groups excluding carboxylic acids is 5. The maximum absolute atomic E-state index is 13.8. The molecule has 0 spiro atoms. The van der Waals surface area contributed by atoms with E-state index in [0.29, 0.717) is 35.9 Å². The van der Waals surface area contributed by atoms with Gasteiger partial charge in [-0.1, -0.05) is 78.9 Å². The van der Waals surface area contributed by atoms with Crippen LogP contribution in [0.3, 0.4) is 0 Å². The van der Waals surface area contributed by atoms with E-state index in [9.17, 15) is 52.1 Å². The normalized spacial score (nSPS) is 18.4. The first-order valence-electron chi connectivity index (χ1n) is 22.0. The summed E-state index contributed by atoms with van der Waals surface area (Å²) in [5.41, 5.74) is 1.73. The van der Waals surface area contributed by atoms with Gasteiger partial charge in [-0.05, 0) is 104 Å². The van der Waals surface area contributed by atoms with Gasteiger partial charge in [0.2, 0.25) is 29.5 Å². The maximum Gasteiger partial charge on any atom is 0.492 e. The Morgan fingerprint density at radius 3 is 1.73 bits per heavy atom. The van der Waals surface area contributed by atoms with E-state index in [0.717, 1.165) is 23.3 Å². The number of nitrogens with one attached hydrogen (secondary N) is 6. The van der Waals surface area contributed by atoms with Gasteiger partial charge in [0.15, 0.2) is 0 Å². The molecule has 0 aromatic heterocycles. The van der Waals surface area contributed by atoms with Crippen LogP contribution < -0.4 is 37.4 Å². The highest BCUT2D eigenvalue weighted by Gasteiger charge is 2.41. The Hall–Kier alpha value is -6.73. The van der Waals surface area contributed by atoms with E-state index in [-0.39, 0.29) is 56.0 Å². The average Bonchev–Trinajstić information content (AvgIpc) is 3.49. The largest absolute Gasteiger partial charge is 0.492 e. The molecule has 2 aliphatic rings. The van der Waals surface area contributed by atoms with Crippen molar-refractivity contribution in [2.75, 3.05) is 5.32 Å². The lowest BCUT2D eigenvalue weighted by Gasteiger charge is -2.36. The smallest absolute Gasteiger partial charge is 0.465 e. The first-order valence-corrected chi connectivity index (χ1v) is 22.0. The molecule has 1 aliphatic heterocycles. The molecule has 354 valence electrons. The standard InChI is InChI=1S/C48H54BF3N6O9/c1-47(2)37-19-18-33(28-38(37)49(66)67-47)56-44(62)39(20-15-29-13-16-32(17-14-29)48(50,51)52)57-45(63)40(58-46(64)65)21-22-41(59)53-34-25-35(54-42(60)23-30-9-5-3-6-10-30)27-36(26-34)55-43(61)24-31-11-7-4-8-12-31/h3-14,16-19,28,34-36,39-40,58,66H,15,20-27H2,1-2H3,(H,53,59)(H,54,60)(H,55,61)(H,56,62)(H,57,63)(H,64,65)/t34-,35+,36-,39-,40+/m1/s1. The van der Waals surface area contributed by atoms with Crippen molar-refractivity contribution in [3.8, 4) is 0 Å². The minimum absolute atomic E-state index is 0.0314. The van der Waals surface area contributed by atoms with Gasteiger partial charge in [-0.3, -0.25) is 24.0 Å². The molecule has 6 amide bonds. The zero-order valence-electron chi connectivity index (χ0n) is 37.0. The van der Waals surface area contributed by atoms with Crippen molar-refractivity contribution in [2.24, 2.45) is 0 Å². The first kappa shape index (κ1) is 49.7. The third kappa shape index (κ3) is 14.6. The predicted molar refractivity (Wildman–Crippen MR) is 243 cm³/mol. The molecule has 4 aromatic rings. The van der Waals surface area contributed by atoms with Gasteiger partial charge < -0.3 is 46.7 Å². The van der Waals surface area contributed by atoms with Crippen molar-refractivity contribution in [3.63, 3.8) is 0 Å². The van der Waals surface area contributed by atoms with E-state index in [1.165, 1.54) is 18.2 Å². The molecule has 0 saturated heterocycles. The molecule has 15 nitrogen and oxygen atoms in total. The fraction of sp³-hybridized carbons (Fsp3) is 0.375. The minimum Gasteiger partial charge on any atom is -0.465 e. The fourth-order valence-corrected chi connectivity index (χ4v) is 8.53. The highest BCUT2D eigenvalue weighted by Crippen LogP contribution is 2.31. The molecule has 67 heavy (non-hydrogen) atoms. The monoisotopic (exact) mass is 926 g/mol. The van der Waals surface area contributed by atoms with Gasteiger partial charge in [-0.2, -0.15) is 13.2 Å². The van der Waals surface area contributed by atoms with Crippen molar-refractivity contribution < 1.29 is 56.7 Å². The summed E-state index contributed by atoms with van der Waals surface area (Å²) < 4.78 is 45.4. The Bertz CT molecular complexity index is 2330. The Labute approximate surface area is 386 Å². The maximum atomic E-state index is 13.8. The Morgan fingerprint density at radius 2 is 1.21 bits per heavy atom. The molecular formula is C48H54BF3N6O9. The summed E-state index contributed by atoms with van der Waals surface area (Å²) in [5, 5.41) is 36.6. The zero-order chi connectivity index (χ0) is 48.3. The van der Waals surface area contributed by atoms with Crippen LogP contribution in [0.25, 0.3) is 0 Å². The first-order chi connectivity index (χ1) is 31.8. The highest BCUT2D eigenvalue weighted by molar-refractivity contribution is 6.62. The lowest BCUT2D eigenvalue weighted by Crippen LogP contribution is -2.54. The molecule has 0 radical (unpaired) electrons. The summed E-state index contributed by atoms with van der Waals surface area (Å²) in [5.74, 6) is -2.69. The Morgan fingerprint density at radius 1 is 0.687 bits per heavy atom. The second-order valence-electron chi connectivity index (χ2n) is 17.4. The lowest BCUT2D eigenvalue weighted by atomic mass is 9.78. The van der Waals surface area contributed by atoms with Crippen LogP contribution in [0, 0.1) is 0 Å². The molecular weight excluding hydrogens is 872 g/mol. The van der Waals surface area contributed by atoms with Crippen LogP contribution in [0.2, 0.25) is 0 Å². The van der Waals surface area contributed by atoms with Gasteiger partial charge in [-0.15, -0.1) is 0 Å². The molecule has 1 aliphatic carbocycles. The van der Waals surface area contributed by atoms with Crippen LogP contribution in [-0.4, -0.2) is 83.1 Å². The minimum atomic E-state index is -4.57. The Balaban J connectivity index is 1.12. The number of hydrogen-bond acceptors (Lipinski definition) is 8. The van der Waals surface area contributed by atoms with Crippen LogP contribution in [0.5, 0.6) is 0 Å². The number of hydrogen-bond donors (Lipinski definition) is 8. The van der Waals surface area contributed by atoms with Crippen molar-refractivity contribution in [2.45, 2.75) is 114 Å². The number of halogens is 3. The van der Waals surface area contributed by atoms with Gasteiger partial charge in [0.25, 0.3) is 0 Å². The zero-order valence-corrected chi connectivity index (χ0v) is 37.0. The molecule has 1 saturated carbocycles. The average molecular weight is 927 g/mol. The fourth-order valence-electron chi connectivity index (χ4n) is 8.53. The summed E-state index contributed by atoms with van der Waals surface area (Å²) in [4.78, 5) is 79.3. The van der Waals surface area contributed by atoms with Crippen LogP contribution >= 0.6 is 0 Å². The Kier molecular flexibility index (Phi) is 16.5. The number of benzene rings is 4. The van der Waals surface area contributed by atoms with Crippen LogP contribution in [0.4, 0.5) is 23.7 Å². The summed E-state index contributed by atoms with van der Waals surface area (Å²) in [6, 6.07) is 23.2. The van der Waals surface area contributed by atoms with E-state index in [2.05, 4.69) is 31.9 Å². The predicted octanol–water partition coefficient (Wildman–Crippen LogP) is 4.25. The van der Waals surface area contributed by atoms with Crippen LogP contribution in [0.15, 0.2) is 103 Å². The van der Waals surface area contributed by atoms with Gasteiger partial charge in [0.1, 0.15) is 12.1 Å². The summed E-state index contributed by atoms with van der Waals surface area (Å²) >= 11 is 0. The number of rotatable bonds is 18. The molecule has 0 bridgehead atoms. The van der Waals surface area contributed by atoms with Gasteiger partial charge in [0.05, 0.1) is 24.0 Å². The molecule has 6 rings (SSSR count). The molecule has 8 N–H and O–H groups in total. The van der Waals surface area contributed by atoms with E-state index < -0.39 is 78.5 Å². The molecule has 1 heterocycles. The van der Waals surface area contributed by atoms with Crippen molar-refractivity contribution in [1.82, 2.24) is 26.6 Å². The van der Waals surface area contributed by atoms with Crippen LogP contribution in [0.1, 0.15) is 80.2 Å². The van der Waals surface area contributed by atoms with Crippen molar-refractivity contribution in [3.05, 3.63) is 131 Å². The molecule has 5 atom stereocenters. The number of alkyl halides is 3. The molecule has 19 heteroatoms. The number of anilines is 1. The molecule has 1 fully saturated rings. The van der Waals surface area contributed by atoms with Gasteiger partial charge in [0, 0.05) is 30.2 Å². The van der Waals surface area contributed by atoms with Crippen molar-refractivity contribution >= 4 is 53.9 Å². The van der Waals surface area contributed by atoms with E-state index in [4.69, 9.17) is 4.65 Å². The topological polar surface area (TPSA) is 224 Å². The van der Waals surface area contributed by atoms with E-state index >= 15 is 0 Å². The number of carbonyl (C=O) groups is 6. The van der Waals surface area contributed by atoms with Gasteiger partial charge in [-0.25, -0.2) is 4.79 Å². The third-order valence-corrected chi connectivity index (χ3v) is 11.8. The molecule has 0 unspecified atom stereocenters. The highest BCUT2D eigenvalue weighted by atomic mass is 19.4. The number of aryl methyl sites for hydroxylation is 1. The van der Waals surface area contributed by atoms with E-state index in [1.54, 1.807) is 26.0 Å². The second kappa shape index (κ2) is 22.2. The number of fused-ring (bicyclic) bond motifs is 1. The van der Waals surface area contributed by atoms with Crippen LogP contribution in [-0.2, 0) is 59.7 Å². The SMILES string of the molecule is CC1(C)OB(O)c2cc(NC(=O)[C@@H](CCc3ccc(C(F)(F)F)cc3)NC(=O)[C@H](CCC(=O)N[C@H]3C[C@@H](NC(=O)Cc4ccccc4)C[C@@H](NC(=O)Cc4ccccc4)C3)NC(=O)O)ccc21. The summed E-state index contributed by atoms with van der Waals surface area (Å²) in [6.45, 7) is 3.54.